The summed E-state index contributed by atoms with van der Waals surface area (Å²) >= 11 is 0. The summed E-state index contributed by atoms with van der Waals surface area (Å²) in [5.41, 5.74) is 12.7. The first kappa shape index (κ1) is 22.6. The van der Waals surface area contributed by atoms with Crippen LogP contribution in [0.15, 0.2) is 133 Å². The molecule has 182 valence electrons. The molecule has 0 radical (unpaired) electrons. The van der Waals surface area contributed by atoms with Gasteiger partial charge in [-0.15, -0.1) is 0 Å². The van der Waals surface area contributed by atoms with E-state index in [1.54, 1.807) is 0 Å². The number of anilines is 2. The highest BCUT2D eigenvalue weighted by atomic mass is 14.9. The van der Waals surface area contributed by atoms with Crippen molar-refractivity contribution in [2.45, 2.75) is 19.3 Å². The molecule has 6 aromatic carbocycles. The second-order valence-electron chi connectivity index (χ2n) is 10.7. The smallest absolute Gasteiger partial charge is 0.0387 e. The van der Waals surface area contributed by atoms with E-state index >= 15 is 0 Å². The Morgan fingerprint density at radius 2 is 1.03 bits per heavy atom. The molecule has 0 heterocycles. The van der Waals surface area contributed by atoms with Crippen molar-refractivity contribution < 1.29 is 0 Å². The summed E-state index contributed by atoms with van der Waals surface area (Å²) in [6, 6.07) is 48.2. The molecule has 0 fully saturated rings. The van der Waals surface area contributed by atoms with E-state index in [4.69, 9.17) is 0 Å². The molecule has 7 rings (SSSR count). The first-order valence-corrected chi connectivity index (χ1v) is 13.3. The van der Waals surface area contributed by atoms with Gasteiger partial charge in [0.15, 0.2) is 0 Å². The van der Waals surface area contributed by atoms with Gasteiger partial charge in [0.2, 0.25) is 0 Å². The molecule has 6 aromatic rings. The Morgan fingerprint density at radius 1 is 0.447 bits per heavy atom. The lowest BCUT2D eigenvalue weighted by Gasteiger charge is -2.22. The van der Waals surface area contributed by atoms with Gasteiger partial charge in [0.25, 0.3) is 0 Å². The van der Waals surface area contributed by atoms with Gasteiger partial charge < -0.3 is 5.32 Å². The van der Waals surface area contributed by atoms with Gasteiger partial charge in [-0.2, -0.15) is 0 Å². The van der Waals surface area contributed by atoms with E-state index in [0.29, 0.717) is 0 Å². The van der Waals surface area contributed by atoms with Crippen molar-refractivity contribution in [2.75, 3.05) is 5.32 Å². The van der Waals surface area contributed by atoms with Gasteiger partial charge >= 0.3 is 0 Å². The van der Waals surface area contributed by atoms with Gasteiger partial charge in [0, 0.05) is 16.8 Å². The molecular formula is C37H29N. The normalized spacial score (nSPS) is 13.2. The van der Waals surface area contributed by atoms with Crippen LogP contribution in [0.1, 0.15) is 25.0 Å². The molecule has 1 heteroatoms. The quantitative estimate of drug-likeness (QED) is 0.261. The number of fused-ring (bicyclic) bond motifs is 4. The van der Waals surface area contributed by atoms with Crippen LogP contribution >= 0.6 is 0 Å². The van der Waals surface area contributed by atoms with Gasteiger partial charge in [-0.1, -0.05) is 123 Å². The standard InChI is InChI=1S/C37H29N/c1-37(2)34-17-7-6-14-32(34)33-23-22-29(24-35(33)37)38-28-20-18-26(19-21-28)31-16-9-13-27-12-8-15-30(36(27)31)25-10-4-3-5-11-25/h3-24,38H,1-2H3. The Morgan fingerprint density at radius 3 is 1.76 bits per heavy atom. The van der Waals surface area contributed by atoms with E-state index in [1.165, 1.54) is 55.3 Å². The van der Waals surface area contributed by atoms with Crippen LogP contribution in [0.4, 0.5) is 11.4 Å². The Bertz CT molecular complexity index is 1790. The summed E-state index contributed by atoms with van der Waals surface area (Å²) in [7, 11) is 0. The van der Waals surface area contributed by atoms with Crippen LogP contribution in [0.25, 0.3) is 44.2 Å². The largest absolute Gasteiger partial charge is 0.356 e. The molecule has 38 heavy (non-hydrogen) atoms. The minimum absolute atomic E-state index is 0.00169. The average Bonchev–Trinajstić information content (AvgIpc) is 3.19. The third kappa shape index (κ3) is 3.63. The fourth-order valence-corrected chi connectivity index (χ4v) is 6.12. The molecule has 0 unspecified atom stereocenters. The second-order valence-corrected chi connectivity index (χ2v) is 10.7. The van der Waals surface area contributed by atoms with E-state index < -0.39 is 0 Å². The summed E-state index contributed by atoms with van der Waals surface area (Å²) in [4.78, 5) is 0. The molecule has 0 aromatic heterocycles. The van der Waals surface area contributed by atoms with Crippen LogP contribution < -0.4 is 5.32 Å². The Kier molecular flexibility index (Phi) is 5.19. The molecule has 0 amide bonds. The van der Waals surface area contributed by atoms with Crippen LogP contribution in [0.2, 0.25) is 0 Å². The summed E-state index contributed by atoms with van der Waals surface area (Å²) in [6.07, 6.45) is 0. The highest BCUT2D eigenvalue weighted by molar-refractivity contribution is 6.06. The SMILES string of the molecule is CC1(C)c2ccccc2-c2ccc(Nc3ccc(-c4cccc5cccc(-c6ccccc6)c45)cc3)cc21. The van der Waals surface area contributed by atoms with Crippen LogP contribution in [0.3, 0.4) is 0 Å². The Labute approximate surface area is 224 Å². The van der Waals surface area contributed by atoms with Gasteiger partial charge in [-0.25, -0.2) is 0 Å². The zero-order chi connectivity index (χ0) is 25.7. The summed E-state index contributed by atoms with van der Waals surface area (Å²) < 4.78 is 0. The van der Waals surface area contributed by atoms with Crippen LogP contribution in [0, 0.1) is 0 Å². The summed E-state index contributed by atoms with van der Waals surface area (Å²) in [6.45, 7) is 4.65. The maximum Gasteiger partial charge on any atom is 0.0387 e. The van der Waals surface area contributed by atoms with Crippen LogP contribution in [-0.2, 0) is 5.41 Å². The van der Waals surface area contributed by atoms with Gasteiger partial charge in [-0.3, -0.25) is 0 Å². The first-order chi connectivity index (χ1) is 18.6. The maximum atomic E-state index is 3.65. The van der Waals surface area contributed by atoms with Crippen molar-refractivity contribution in [3.63, 3.8) is 0 Å². The molecule has 0 bridgehead atoms. The molecule has 1 aliphatic carbocycles. The molecular weight excluding hydrogens is 458 g/mol. The number of hydrogen-bond acceptors (Lipinski definition) is 1. The lowest BCUT2D eigenvalue weighted by Crippen LogP contribution is -2.15. The monoisotopic (exact) mass is 487 g/mol. The lowest BCUT2D eigenvalue weighted by molar-refractivity contribution is 0.660. The second kappa shape index (κ2) is 8.75. The molecule has 1 N–H and O–H groups in total. The van der Waals surface area contributed by atoms with Crippen molar-refractivity contribution in [1.82, 2.24) is 0 Å². The molecule has 0 aliphatic heterocycles. The fraction of sp³-hybridized carbons (Fsp3) is 0.0811. The molecule has 1 aliphatic rings. The van der Waals surface area contributed by atoms with E-state index in [0.717, 1.165) is 11.4 Å². The minimum atomic E-state index is -0.00169. The van der Waals surface area contributed by atoms with Gasteiger partial charge in [-0.05, 0) is 79.5 Å². The van der Waals surface area contributed by atoms with Gasteiger partial charge in [0.05, 0.1) is 0 Å². The number of nitrogens with one attached hydrogen (secondary N) is 1. The zero-order valence-electron chi connectivity index (χ0n) is 21.7. The van der Waals surface area contributed by atoms with E-state index in [-0.39, 0.29) is 5.41 Å². The third-order valence-corrected chi connectivity index (χ3v) is 8.06. The minimum Gasteiger partial charge on any atom is -0.356 e. The zero-order valence-corrected chi connectivity index (χ0v) is 21.7. The van der Waals surface area contributed by atoms with E-state index in [2.05, 4.69) is 153 Å². The predicted molar refractivity (Wildman–Crippen MR) is 162 cm³/mol. The molecule has 0 saturated heterocycles. The highest BCUT2D eigenvalue weighted by Gasteiger charge is 2.35. The predicted octanol–water partition coefficient (Wildman–Crippen LogP) is 10.2. The van der Waals surface area contributed by atoms with Crippen molar-refractivity contribution in [1.29, 1.82) is 0 Å². The number of hydrogen-bond donors (Lipinski definition) is 1. The number of rotatable bonds is 4. The molecule has 0 atom stereocenters. The highest BCUT2D eigenvalue weighted by Crippen LogP contribution is 2.49. The molecule has 0 spiro atoms. The van der Waals surface area contributed by atoms with Crippen molar-refractivity contribution in [2.24, 2.45) is 0 Å². The molecule has 0 saturated carbocycles. The fourth-order valence-electron chi connectivity index (χ4n) is 6.12. The van der Waals surface area contributed by atoms with Crippen molar-refractivity contribution in [3.05, 3.63) is 145 Å². The third-order valence-electron chi connectivity index (χ3n) is 8.06. The summed E-state index contributed by atoms with van der Waals surface area (Å²) in [5.74, 6) is 0. The molecule has 1 nitrogen and oxygen atoms in total. The van der Waals surface area contributed by atoms with Gasteiger partial charge in [0.1, 0.15) is 0 Å². The van der Waals surface area contributed by atoms with E-state index in [1.807, 2.05) is 0 Å². The maximum absolute atomic E-state index is 3.65. The lowest BCUT2D eigenvalue weighted by atomic mass is 9.82. The average molecular weight is 488 g/mol. The Balaban J connectivity index is 1.23. The first-order valence-electron chi connectivity index (χ1n) is 13.3. The number of benzene rings is 6. The van der Waals surface area contributed by atoms with Crippen molar-refractivity contribution in [3.8, 4) is 33.4 Å². The van der Waals surface area contributed by atoms with Crippen molar-refractivity contribution >= 4 is 22.1 Å². The van der Waals surface area contributed by atoms with Crippen LogP contribution in [-0.4, -0.2) is 0 Å². The van der Waals surface area contributed by atoms with Crippen LogP contribution in [0.5, 0.6) is 0 Å². The summed E-state index contributed by atoms with van der Waals surface area (Å²) in [5, 5.41) is 6.20. The topological polar surface area (TPSA) is 12.0 Å². The van der Waals surface area contributed by atoms with E-state index in [9.17, 15) is 0 Å². The Hall–Kier alpha value is -4.62.